The van der Waals surface area contributed by atoms with E-state index in [4.69, 9.17) is 24.1 Å². The molecular formula is C29H25N6O4PS2. The molecule has 0 aliphatic rings. The molecule has 0 saturated heterocycles. The van der Waals surface area contributed by atoms with Crippen LogP contribution in [0.1, 0.15) is 29.4 Å². The number of carbonyl (C=O) groups excluding carboxylic acids is 1. The molecule has 2 aromatic carbocycles. The summed E-state index contributed by atoms with van der Waals surface area (Å²) in [6.45, 7) is 3.17. The van der Waals surface area contributed by atoms with E-state index in [-0.39, 0.29) is 12.5 Å². The lowest BCUT2D eigenvalue weighted by molar-refractivity contribution is 0.0768. The normalized spacial score (nSPS) is 11.2. The predicted octanol–water partition coefficient (Wildman–Crippen LogP) is 5.79. The quantitative estimate of drug-likeness (QED) is 0.178. The van der Waals surface area contributed by atoms with Crippen LogP contribution in [0.4, 0.5) is 0 Å². The zero-order valence-electron chi connectivity index (χ0n) is 22.7. The van der Waals surface area contributed by atoms with Gasteiger partial charge in [-0.15, -0.1) is 25.7 Å². The molecule has 0 saturated carbocycles. The van der Waals surface area contributed by atoms with Crippen molar-refractivity contribution >= 4 is 59.1 Å². The van der Waals surface area contributed by atoms with Crippen LogP contribution in [0.5, 0.6) is 10.9 Å². The summed E-state index contributed by atoms with van der Waals surface area (Å²) in [4.78, 5) is 24.5. The molecule has 1 unspecified atom stereocenters. The number of nitriles is 1. The number of rotatable bonds is 10. The van der Waals surface area contributed by atoms with E-state index < -0.39 is 0 Å². The molecule has 1 atom stereocenters. The van der Waals surface area contributed by atoms with E-state index in [1.165, 1.54) is 22.7 Å². The van der Waals surface area contributed by atoms with Crippen LogP contribution in [0.25, 0.3) is 38.0 Å². The third-order valence-corrected chi connectivity index (χ3v) is 8.70. The van der Waals surface area contributed by atoms with Crippen molar-refractivity contribution in [2.24, 2.45) is 0 Å². The average Bonchev–Trinajstić information content (AvgIpc) is 3.79. The van der Waals surface area contributed by atoms with Gasteiger partial charge < -0.3 is 18.8 Å². The van der Waals surface area contributed by atoms with Gasteiger partial charge in [0.25, 0.3) is 11.1 Å². The molecule has 0 aliphatic heterocycles. The van der Waals surface area contributed by atoms with Crippen LogP contribution in [-0.2, 0) is 6.61 Å². The molecule has 10 nitrogen and oxygen atoms in total. The summed E-state index contributed by atoms with van der Waals surface area (Å²) in [6, 6.07) is 15.3. The standard InChI is InChI=1S/C29H25N6O4PS2/c1-3-34(10-4-9-30)27(36)18-7-5-17(6-8-18)26-31-19(16-41-26)15-38-23-11-20(40)12-24-21(23)13-25(39-24)22-14-35-28(32-22)42-29(33-35)37-2/h5-8,11-14,16H,3-4,10,15,40H2,1-2H3. The van der Waals surface area contributed by atoms with Crippen molar-refractivity contribution in [3.63, 3.8) is 0 Å². The maximum Gasteiger partial charge on any atom is 0.294 e. The molecule has 1 amide bonds. The van der Waals surface area contributed by atoms with Gasteiger partial charge >= 0.3 is 0 Å². The van der Waals surface area contributed by atoms with Gasteiger partial charge in [-0.1, -0.05) is 12.1 Å². The molecule has 0 fully saturated rings. The molecule has 0 spiro atoms. The van der Waals surface area contributed by atoms with Crippen LogP contribution in [0, 0.1) is 11.3 Å². The number of furan rings is 1. The molecule has 0 bridgehead atoms. The molecule has 0 aliphatic carbocycles. The topological polar surface area (TPSA) is 119 Å². The van der Waals surface area contributed by atoms with Gasteiger partial charge in [-0.05, 0) is 53.9 Å². The number of aromatic nitrogens is 4. The fourth-order valence-corrected chi connectivity index (χ4v) is 6.25. The highest BCUT2D eigenvalue weighted by Crippen LogP contribution is 2.35. The SMILES string of the molecule is CCN(CCC#N)C(=O)c1ccc(-c2nc(COc3cc(P)cc4oc(-c5cn6nc(OC)sc6n5)cc34)cs2)cc1. The van der Waals surface area contributed by atoms with Gasteiger partial charge in [0.1, 0.15) is 28.6 Å². The lowest BCUT2D eigenvalue weighted by atomic mass is 10.1. The summed E-state index contributed by atoms with van der Waals surface area (Å²) in [5, 5.41) is 18.3. The molecule has 4 heterocycles. The Morgan fingerprint density at radius 3 is 2.79 bits per heavy atom. The Labute approximate surface area is 251 Å². The highest BCUT2D eigenvalue weighted by molar-refractivity contribution is 7.27. The van der Waals surface area contributed by atoms with Crippen LogP contribution in [0.2, 0.25) is 0 Å². The van der Waals surface area contributed by atoms with E-state index >= 15 is 0 Å². The first-order chi connectivity index (χ1) is 20.4. The van der Waals surface area contributed by atoms with Gasteiger partial charge in [0.05, 0.1) is 36.9 Å². The molecule has 6 rings (SSSR count). The third-order valence-electron chi connectivity index (χ3n) is 6.54. The summed E-state index contributed by atoms with van der Waals surface area (Å²) in [5.74, 6) is 1.22. The fraction of sp³-hybridized carbons (Fsp3) is 0.207. The fourth-order valence-electron chi connectivity index (χ4n) is 4.44. The lowest BCUT2D eigenvalue weighted by Crippen LogP contribution is -2.31. The minimum Gasteiger partial charge on any atom is -0.486 e. The molecular weight excluding hydrogens is 591 g/mol. The molecule has 4 aromatic heterocycles. The zero-order valence-corrected chi connectivity index (χ0v) is 25.5. The molecule has 0 radical (unpaired) electrons. The predicted molar refractivity (Wildman–Crippen MR) is 166 cm³/mol. The smallest absolute Gasteiger partial charge is 0.294 e. The summed E-state index contributed by atoms with van der Waals surface area (Å²) in [6.07, 6.45) is 2.12. The van der Waals surface area contributed by atoms with Crippen LogP contribution in [0.15, 0.2) is 58.5 Å². The third kappa shape index (κ3) is 5.59. The number of benzene rings is 2. The maximum atomic E-state index is 12.8. The summed E-state index contributed by atoms with van der Waals surface area (Å²) in [5.41, 5.74) is 3.67. The molecule has 212 valence electrons. The number of amides is 1. The highest BCUT2D eigenvalue weighted by Gasteiger charge is 2.18. The lowest BCUT2D eigenvalue weighted by Gasteiger charge is -2.19. The second kappa shape index (κ2) is 11.9. The Morgan fingerprint density at radius 1 is 1.21 bits per heavy atom. The van der Waals surface area contributed by atoms with Crippen molar-refractivity contribution in [2.45, 2.75) is 20.0 Å². The molecule has 13 heteroatoms. The van der Waals surface area contributed by atoms with Gasteiger partial charge in [-0.25, -0.2) is 14.5 Å². The van der Waals surface area contributed by atoms with E-state index in [2.05, 4.69) is 25.4 Å². The minimum absolute atomic E-state index is 0.0813. The van der Waals surface area contributed by atoms with Crippen LogP contribution >= 0.6 is 31.9 Å². The Bertz CT molecular complexity index is 1900. The van der Waals surface area contributed by atoms with Crippen LogP contribution < -0.4 is 14.8 Å². The van der Waals surface area contributed by atoms with Crippen LogP contribution in [0.3, 0.4) is 0 Å². The average molecular weight is 617 g/mol. The van der Waals surface area contributed by atoms with Gasteiger partial charge in [0.2, 0.25) is 4.96 Å². The molecule has 42 heavy (non-hydrogen) atoms. The number of imidazole rings is 1. The Kier molecular flexibility index (Phi) is 7.89. The van der Waals surface area contributed by atoms with Crippen molar-refractivity contribution in [1.29, 1.82) is 5.26 Å². The number of methoxy groups -OCH3 is 1. The van der Waals surface area contributed by atoms with Gasteiger partial charge in [0.15, 0.2) is 5.76 Å². The van der Waals surface area contributed by atoms with Crippen molar-refractivity contribution in [3.8, 4) is 39.0 Å². The van der Waals surface area contributed by atoms with Gasteiger partial charge in [-0.2, -0.15) is 5.26 Å². The van der Waals surface area contributed by atoms with Crippen molar-refractivity contribution in [1.82, 2.24) is 24.5 Å². The van der Waals surface area contributed by atoms with Crippen molar-refractivity contribution in [2.75, 3.05) is 20.2 Å². The Morgan fingerprint density at radius 2 is 2.05 bits per heavy atom. The van der Waals surface area contributed by atoms with Crippen molar-refractivity contribution in [3.05, 3.63) is 65.3 Å². The van der Waals surface area contributed by atoms with E-state index in [0.29, 0.717) is 58.0 Å². The number of nitrogens with zero attached hydrogens (tertiary/aromatic N) is 6. The number of ether oxygens (including phenoxy) is 2. The summed E-state index contributed by atoms with van der Waals surface area (Å²) in [7, 11) is 4.27. The first-order valence-corrected chi connectivity index (χ1v) is 15.3. The largest absolute Gasteiger partial charge is 0.486 e. The second-order valence-corrected chi connectivity index (χ2v) is 11.7. The van der Waals surface area contributed by atoms with Crippen LogP contribution in [-0.4, -0.2) is 50.6 Å². The van der Waals surface area contributed by atoms with E-state index in [9.17, 15) is 4.79 Å². The minimum atomic E-state index is -0.0813. The number of fused-ring (bicyclic) bond motifs is 2. The van der Waals surface area contributed by atoms with Crippen molar-refractivity contribution < 1.29 is 18.7 Å². The molecule has 0 N–H and O–H groups in total. The maximum absolute atomic E-state index is 12.8. The van der Waals surface area contributed by atoms with E-state index in [1.807, 2.05) is 48.8 Å². The first-order valence-electron chi connectivity index (χ1n) is 13.0. The Hall–Kier alpha value is -4.30. The van der Waals surface area contributed by atoms with E-state index in [1.54, 1.807) is 28.7 Å². The molecule has 6 aromatic rings. The van der Waals surface area contributed by atoms with E-state index in [0.717, 1.165) is 27.0 Å². The van der Waals surface area contributed by atoms with Gasteiger partial charge in [0, 0.05) is 29.6 Å². The zero-order chi connectivity index (χ0) is 29.2. The summed E-state index contributed by atoms with van der Waals surface area (Å²) < 4.78 is 19.2. The summed E-state index contributed by atoms with van der Waals surface area (Å²) >= 11 is 2.87. The number of hydrogen-bond acceptors (Lipinski definition) is 10. The monoisotopic (exact) mass is 616 g/mol. The number of hydrogen-bond donors (Lipinski definition) is 0. The second-order valence-electron chi connectivity index (χ2n) is 9.27. The first kappa shape index (κ1) is 27.8. The Balaban J connectivity index is 1.17. The number of carbonyl (C=O) groups is 1. The highest BCUT2D eigenvalue weighted by atomic mass is 32.1. The van der Waals surface area contributed by atoms with Gasteiger partial charge in [-0.3, -0.25) is 4.79 Å². The number of thiazole rings is 1.